The van der Waals surface area contributed by atoms with E-state index in [0.717, 1.165) is 6.07 Å². The van der Waals surface area contributed by atoms with E-state index in [1.807, 2.05) is 45.2 Å². The van der Waals surface area contributed by atoms with Crippen molar-refractivity contribution in [2.45, 2.75) is 0 Å². The van der Waals surface area contributed by atoms with Crippen molar-refractivity contribution in [1.29, 1.82) is 0 Å². The Balaban J connectivity index is 3.28. The summed E-state index contributed by atoms with van der Waals surface area (Å²) >= 11 is 3.64. The van der Waals surface area contributed by atoms with Crippen LogP contribution in [0.5, 0.6) is 0 Å². The number of halogens is 4. The normalized spacial score (nSPS) is 10.0. The second kappa shape index (κ2) is 3.29. The largest absolute Gasteiger partial charge is 0.206 e. The lowest BCUT2D eigenvalue weighted by Gasteiger charge is -1.95. The highest BCUT2D eigenvalue weighted by Crippen LogP contribution is 2.17. The average molecular weight is 366 g/mol. The van der Waals surface area contributed by atoms with Gasteiger partial charge < -0.3 is 0 Å². The molecule has 0 fully saturated rings. The predicted octanol–water partition coefficient (Wildman–Crippen LogP) is 3.17. The van der Waals surface area contributed by atoms with Crippen molar-refractivity contribution in [3.8, 4) is 0 Å². The molecule has 0 unspecified atom stereocenters. The van der Waals surface area contributed by atoms with Crippen molar-refractivity contribution in [2.24, 2.45) is 0 Å². The molecule has 1 aromatic carbocycles. The van der Waals surface area contributed by atoms with Crippen LogP contribution in [0.3, 0.4) is 0 Å². The van der Waals surface area contributed by atoms with Crippen molar-refractivity contribution in [2.75, 3.05) is 0 Å². The Morgan fingerprint density at radius 3 is 1.60 bits per heavy atom. The predicted molar refractivity (Wildman–Crippen MR) is 51.8 cm³/mol. The molecule has 0 bridgehead atoms. The third kappa shape index (κ3) is 1.77. The van der Waals surface area contributed by atoms with E-state index in [4.69, 9.17) is 0 Å². The fourth-order valence-corrected chi connectivity index (χ4v) is 2.03. The van der Waals surface area contributed by atoms with Crippen molar-refractivity contribution in [3.63, 3.8) is 0 Å². The molecule has 0 amide bonds. The van der Waals surface area contributed by atoms with Gasteiger partial charge in [0.1, 0.15) is 11.6 Å². The third-order valence-corrected chi connectivity index (χ3v) is 2.62. The summed E-state index contributed by atoms with van der Waals surface area (Å²) in [6.45, 7) is 0. The van der Waals surface area contributed by atoms with Crippen molar-refractivity contribution in [1.82, 2.24) is 0 Å². The molecule has 4 heteroatoms. The van der Waals surface area contributed by atoms with Gasteiger partial charge in [-0.3, -0.25) is 0 Å². The smallest absolute Gasteiger partial charge is 0.139 e. The molecule has 0 spiro atoms. The van der Waals surface area contributed by atoms with Gasteiger partial charge in [-0.15, -0.1) is 0 Å². The van der Waals surface area contributed by atoms with Crippen molar-refractivity contribution in [3.05, 3.63) is 30.9 Å². The molecule has 0 aliphatic carbocycles. The van der Waals surface area contributed by atoms with E-state index in [1.165, 1.54) is 6.07 Å². The molecule has 1 aromatic rings. The summed E-state index contributed by atoms with van der Waals surface area (Å²) in [4.78, 5) is 0. The molecule has 0 aromatic heterocycles. The van der Waals surface area contributed by atoms with Gasteiger partial charge >= 0.3 is 0 Å². The van der Waals surface area contributed by atoms with Gasteiger partial charge in [0.05, 0.1) is 7.14 Å². The van der Waals surface area contributed by atoms with Crippen LogP contribution in [0.2, 0.25) is 0 Å². The topological polar surface area (TPSA) is 0 Å². The highest BCUT2D eigenvalue weighted by atomic mass is 127. The van der Waals surface area contributed by atoms with Crippen LogP contribution in [0.1, 0.15) is 0 Å². The lowest BCUT2D eigenvalue weighted by molar-refractivity contribution is 0.574. The minimum atomic E-state index is -0.501. The zero-order valence-corrected chi connectivity index (χ0v) is 8.98. The van der Waals surface area contributed by atoms with Crippen LogP contribution in [-0.2, 0) is 0 Å². The van der Waals surface area contributed by atoms with E-state index < -0.39 is 11.6 Å². The van der Waals surface area contributed by atoms with Gasteiger partial charge in [-0.25, -0.2) is 8.78 Å². The van der Waals surface area contributed by atoms with Gasteiger partial charge in [0, 0.05) is 6.07 Å². The fraction of sp³-hybridized carbons (Fsp3) is 0. The molecule has 0 atom stereocenters. The van der Waals surface area contributed by atoms with E-state index in [-0.39, 0.29) is 0 Å². The first kappa shape index (κ1) is 8.63. The van der Waals surface area contributed by atoms with Crippen LogP contribution in [0.15, 0.2) is 12.1 Å². The van der Waals surface area contributed by atoms with Crippen molar-refractivity contribution >= 4 is 45.2 Å². The maximum absolute atomic E-state index is 12.5. The summed E-state index contributed by atoms with van der Waals surface area (Å²) < 4.78 is 25.9. The minimum Gasteiger partial charge on any atom is -0.206 e. The van der Waals surface area contributed by atoms with Crippen LogP contribution in [-0.4, -0.2) is 0 Å². The van der Waals surface area contributed by atoms with E-state index in [2.05, 4.69) is 0 Å². The van der Waals surface area contributed by atoms with Crippen LogP contribution >= 0.6 is 45.2 Å². The quantitative estimate of drug-likeness (QED) is 0.489. The molecular formula is C6H2F2I2. The summed E-state index contributed by atoms with van der Waals surface area (Å²) in [5.74, 6) is -1.00. The molecule has 0 N–H and O–H groups in total. The summed E-state index contributed by atoms with van der Waals surface area (Å²) in [6.07, 6.45) is 0. The lowest BCUT2D eigenvalue weighted by atomic mass is 10.3. The summed E-state index contributed by atoms with van der Waals surface area (Å²) in [5.41, 5.74) is 0. The zero-order chi connectivity index (χ0) is 7.72. The Labute approximate surface area is 84.3 Å². The number of rotatable bonds is 0. The maximum Gasteiger partial charge on any atom is 0.139 e. The third-order valence-electron chi connectivity index (χ3n) is 0.963. The van der Waals surface area contributed by atoms with Gasteiger partial charge in [0.25, 0.3) is 0 Å². The standard InChI is InChI=1S/C6H2F2I2/c7-3-1-4(8)6(10)2-5(3)9/h1-2H. The molecule has 0 aliphatic heterocycles. The Hall–Kier alpha value is 0.540. The number of hydrogen-bond acceptors (Lipinski definition) is 0. The van der Waals surface area contributed by atoms with Gasteiger partial charge in [-0.05, 0) is 51.2 Å². The van der Waals surface area contributed by atoms with Gasteiger partial charge in [-0.2, -0.15) is 0 Å². The first-order valence-electron chi connectivity index (χ1n) is 2.41. The fourth-order valence-electron chi connectivity index (χ4n) is 0.498. The first-order valence-corrected chi connectivity index (χ1v) is 4.57. The summed E-state index contributed by atoms with van der Waals surface area (Å²) in [6, 6.07) is 2.36. The first-order chi connectivity index (χ1) is 4.61. The molecular weight excluding hydrogens is 364 g/mol. The Morgan fingerprint density at radius 2 is 1.30 bits per heavy atom. The average Bonchev–Trinajstić information content (AvgIpc) is 1.84. The Bertz CT molecular complexity index is 210. The molecule has 0 saturated heterocycles. The monoisotopic (exact) mass is 366 g/mol. The van der Waals surface area contributed by atoms with Gasteiger partial charge in [0.2, 0.25) is 0 Å². The minimum absolute atomic E-state index is 0.448. The highest BCUT2D eigenvalue weighted by molar-refractivity contribution is 14.1. The second-order valence-electron chi connectivity index (χ2n) is 1.68. The van der Waals surface area contributed by atoms with E-state index in [9.17, 15) is 8.78 Å². The number of hydrogen-bond donors (Lipinski definition) is 0. The van der Waals surface area contributed by atoms with Gasteiger partial charge in [0.15, 0.2) is 0 Å². The molecule has 0 heterocycles. The van der Waals surface area contributed by atoms with Crippen LogP contribution < -0.4 is 0 Å². The van der Waals surface area contributed by atoms with Gasteiger partial charge in [-0.1, -0.05) is 0 Å². The molecule has 0 radical (unpaired) electrons. The van der Waals surface area contributed by atoms with E-state index >= 15 is 0 Å². The molecule has 0 nitrogen and oxygen atoms in total. The molecule has 0 saturated carbocycles. The Morgan fingerprint density at radius 1 is 0.900 bits per heavy atom. The molecule has 54 valence electrons. The summed E-state index contributed by atoms with van der Waals surface area (Å²) in [5, 5.41) is 0. The SMILES string of the molecule is Fc1cc(F)c(I)cc1I. The van der Waals surface area contributed by atoms with E-state index in [0.29, 0.717) is 7.14 Å². The lowest BCUT2D eigenvalue weighted by Crippen LogP contribution is -1.87. The molecule has 1 rings (SSSR count). The van der Waals surface area contributed by atoms with Crippen LogP contribution in [0, 0.1) is 18.8 Å². The van der Waals surface area contributed by atoms with Crippen LogP contribution in [0.4, 0.5) is 8.78 Å². The summed E-state index contributed by atoms with van der Waals surface area (Å²) in [7, 11) is 0. The molecule has 0 aliphatic rings. The molecule has 10 heavy (non-hydrogen) atoms. The van der Waals surface area contributed by atoms with Crippen LogP contribution in [0.25, 0.3) is 0 Å². The Kier molecular flexibility index (Phi) is 2.84. The van der Waals surface area contributed by atoms with E-state index in [1.54, 1.807) is 0 Å². The maximum atomic E-state index is 12.5. The zero-order valence-electron chi connectivity index (χ0n) is 4.67. The van der Waals surface area contributed by atoms with Crippen molar-refractivity contribution < 1.29 is 8.78 Å². The number of benzene rings is 1. The second-order valence-corrected chi connectivity index (χ2v) is 4.00. The highest BCUT2D eigenvalue weighted by Gasteiger charge is 2.04.